The van der Waals surface area contributed by atoms with Gasteiger partial charge in [0.05, 0.1) is 5.41 Å². The third-order valence-electron chi connectivity index (χ3n) is 4.16. The van der Waals surface area contributed by atoms with Crippen LogP contribution in [0.5, 0.6) is 0 Å². The fourth-order valence-electron chi connectivity index (χ4n) is 3.06. The average molecular weight is 273 g/mol. The van der Waals surface area contributed by atoms with Crippen molar-refractivity contribution < 1.29 is 9.59 Å². The first-order chi connectivity index (χ1) is 8.50. The zero-order chi connectivity index (χ0) is 13.3. The zero-order valence-electron chi connectivity index (χ0n) is 11.1. The Balaban J connectivity index is 2.07. The summed E-state index contributed by atoms with van der Waals surface area (Å²) in [6.07, 6.45) is 1.98. The third kappa shape index (κ3) is 2.28. The maximum absolute atomic E-state index is 12.5. The maximum Gasteiger partial charge on any atom is 0.236 e. The van der Waals surface area contributed by atoms with E-state index in [2.05, 4.69) is 4.90 Å². The number of halogens is 1. The van der Waals surface area contributed by atoms with E-state index in [0.717, 1.165) is 32.5 Å². The number of hydrogen-bond donors (Lipinski definition) is 0. The van der Waals surface area contributed by atoms with Crippen LogP contribution in [0.4, 0.5) is 0 Å². The van der Waals surface area contributed by atoms with Crippen molar-refractivity contribution >= 4 is 23.4 Å². The van der Waals surface area contributed by atoms with Crippen molar-refractivity contribution in [1.29, 1.82) is 0 Å². The van der Waals surface area contributed by atoms with Crippen LogP contribution in [-0.2, 0) is 9.59 Å². The van der Waals surface area contributed by atoms with Gasteiger partial charge in [-0.1, -0.05) is 0 Å². The highest BCUT2D eigenvalue weighted by molar-refractivity contribution is 6.18. The van der Waals surface area contributed by atoms with Gasteiger partial charge in [0.1, 0.15) is 0 Å². The maximum atomic E-state index is 12.5. The highest BCUT2D eigenvalue weighted by atomic mass is 35.5. The molecule has 0 aliphatic carbocycles. The lowest BCUT2D eigenvalue weighted by Crippen LogP contribution is -2.46. The first kappa shape index (κ1) is 13.8. The summed E-state index contributed by atoms with van der Waals surface area (Å²) in [5.74, 6) is 0.673. The number of likely N-dealkylation sites (tertiary alicyclic amines) is 2. The molecule has 18 heavy (non-hydrogen) atoms. The highest BCUT2D eigenvalue weighted by Gasteiger charge is 2.52. The molecule has 2 amide bonds. The lowest BCUT2D eigenvalue weighted by atomic mass is 9.77. The van der Waals surface area contributed by atoms with Crippen LogP contribution in [-0.4, -0.2) is 53.2 Å². The molecule has 2 aliphatic heterocycles. The number of carbonyl (C=O) groups is 2. The molecule has 2 rings (SSSR count). The number of imide groups is 1. The smallest absolute Gasteiger partial charge is 0.236 e. The Morgan fingerprint density at radius 1 is 1.28 bits per heavy atom. The van der Waals surface area contributed by atoms with E-state index in [1.54, 1.807) is 0 Å². The Labute approximate surface area is 113 Å². The summed E-state index contributed by atoms with van der Waals surface area (Å²) in [7, 11) is 0. The van der Waals surface area contributed by atoms with Crippen LogP contribution in [0.15, 0.2) is 0 Å². The van der Waals surface area contributed by atoms with Crippen molar-refractivity contribution in [1.82, 2.24) is 9.80 Å². The number of rotatable bonds is 3. The molecule has 0 atom stereocenters. The van der Waals surface area contributed by atoms with Crippen molar-refractivity contribution in [2.75, 3.05) is 25.5 Å². The van der Waals surface area contributed by atoms with Crippen LogP contribution in [0.1, 0.15) is 33.1 Å². The van der Waals surface area contributed by atoms with Crippen LogP contribution in [0.3, 0.4) is 0 Å². The van der Waals surface area contributed by atoms with Crippen LogP contribution >= 0.6 is 11.6 Å². The largest absolute Gasteiger partial charge is 0.302 e. The molecule has 0 bridgehead atoms. The highest BCUT2D eigenvalue weighted by Crippen LogP contribution is 2.42. The van der Waals surface area contributed by atoms with Gasteiger partial charge in [-0.25, -0.2) is 0 Å². The van der Waals surface area contributed by atoms with Gasteiger partial charge >= 0.3 is 0 Å². The lowest BCUT2D eigenvalue weighted by Gasteiger charge is -2.37. The van der Waals surface area contributed by atoms with Gasteiger partial charge in [-0.3, -0.25) is 14.5 Å². The molecule has 1 spiro atoms. The Hall–Kier alpha value is -0.610. The van der Waals surface area contributed by atoms with Crippen LogP contribution in [0.25, 0.3) is 0 Å². The summed E-state index contributed by atoms with van der Waals surface area (Å²) in [6, 6.07) is -0.0229. The Bertz CT molecular complexity index is 349. The molecule has 2 aliphatic rings. The van der Waals surface area contributed by atoms with E-state index in [9.17, 15) is 9.59 Å². The van der Waals surface area contributed by atoms with Gasteiger partial charge < -0.3 is 4.90 Å². The summed E-state index contributed by atoms with van der Waals surface area (Å²) in [5, 5.41) is 0. The van der Waals surface area contributed by atoms with Crippen LogP contribution < -0.4 is 0 Å². The van der Waals surface area contributed by atoms with Crippen molar-refractivity contribution in [3.05, 3.63) is 0 Å². The van der Waals surface area contributed by atoms with Crippen molar-refractivity contribution in [2.45, 2.75) is 39.2 Å². The van der Waals surface area contributed by atoms with E-state index in [1.807, 2.05) is 13.8 Å². The molecule has 2 heterocycles. The average Bonchev–Trinajstić information content (AvgIpc) is 2.54. The molecule has 0 aromatic heterocycles. The van der Waals surface area contributed by atoms with Crippen molar-refractivity contribution in [2.24, 2.45) is 5.41 Å². The molecule has 4 nitrogen and oxygen atoms in total. The number of nitrogens with zero attached hydrogens (tertiary/aromatic N) is 2. The number of amides is 2. The number of hydrogen-bond acceptors (Lipinski definition) is 3. The van der Waals surface area contributed by atoms with E-state index >= 15 is 0 Å². The second-order valence-corrected chi connectivity index (χ2v) is 6.03. The first-order valence-electron chi connectivity index (χ1n) is 6.65. The molecule has 2 fully saturated rings. The molecule has 0 saturated carbocycles. The Morgan fingerprint density at radius 2 is 1.89 bits per heavy atom. The van der Waals surface area contributed by atoms with Crippen molar-refractivity contribution in [3.63, 3.8) is 0 Å². The molecule has 0 unspecified atom stereocenters. The zero-order valence-corrected chi connectivity index (χ0v) is 11.9. The first-order valence-corrected chi connectivity index (χ1v) is 7.18. The van der Waals surface area contributed by atoms with E-state index in [-0.39, 0.29) is 17.9 Å². The molecule has 0 aromatic rings. The summed E-state index contributed by atoms with van der Waals surface area (Å²) in [4.78, 5) is 28.2. The molecular weight excluding hydrogens is 252 g/mol. The predicted octanol–water partition coefficient (Wildman–Crippen LogP) is 1.47. The molecule has 5 heteroatoms. The second kappa shape index (κ2) is 5.17. The van der Waals surface area contributed by atoms with E-state index in [0.29, 0.717) is 12.3 Å². The number of piperidine rings is 1. The molecule has 2 saturated heterocycles. The van der Waals surface area contributed by atoms with Crippen LogP contribution in [0, 0.1) is 5.41 Å². The fraction of sp³-hybridized carbons (Fsp3) is 0.846. The molecule has 102 valence electrons. The van der Waals surface area contributed by atoms with Gasteiger partial charge in [-0.15, -0.1) is 11.6 Å². The minimum Gasteiger partial charge on any atom is -0.302 e. The predicted molar refractivity (Wildman–Crippen MR) is 70.4 cm³/mol. The van der Waals surface area contributed by atoms with Gasteiger partial charge in [0.25, 0.3) is 0 Å². The summed E-state index contributed by atoms with van der Waals surface area (Å²) < 4.78 is 0. The minimum absolute atomic E-state index is 0.000735. The normalized spacial score (nSPS) is 24.6. The van der Waals surface area contributed by atoms with Gasteiger partial charge in [0, 0.05) is 24.9 Å². The lowest BCUT2D eigenvalue weighted by molar-refractivity contribution is -0.144. The second-order valence-electron chi connectivity index (χ2n) is 5.65. The minimum atomic E-state index is -0.413. The van der Waals surface area contributed by atoms with Crippen molar-refractivity contribution in [3.8, 4) is 0 Å². The summed E-state index contributed by atoms with van der Waals surface area (Å²) in [6.45, 7) is 6.41. The van der Waals surface area contributed by atoms with E-state index < -0.39 is 5.41 Å². The fourth-order valence-corrected chi connectivity index (χ4v) is 3.30. The Kier molecular flexibility index (Phi) is 3.97. The van der Waals surface area contributed by atoms with Gasteiger partial charge in [0.2, 0.25) is 11.8 Å². The van der Waals surface area contributed by atoms with E-state index in [4.69, 9.17) is 11.6 Å². The summed E-state index contributed by atoms with van der Waals surface area (Å²) in [5.41, 5.74) is -0.413. The third-order valence-corrected chi connectivity index (χ3v) is 4.33. The van der Waals surface area contributed by atoms with E-state index in [1.165, 1.54) is 4.90 Å². The topological polar surface area (TPSA) is 40.6 Å². The number of alkyl halides is 1. The van der Waals surface area contributed by atoms with Gasteiger partial charge in [-0.05, 0) is 39.8 Å². The molecular formula is C13H21ClN2O2. The summed E-state index contributed by atoms with van der Waals surface area (Å²) >= 11 is 5.73. The van der Waals surface area contributed by atoms with Gasteiger partial charge in [0.15, 0.2) is 0 Å². The van der Waals surface area contributed by atoms with Gasteiger partial charge in [-0.2, -0.15) is 0 Å². The molecule has 0 N–H and O–H groups in total. The van der Waals surface area contributed by atoms with Crippen LogP contribution in [0.2, 0.25) is 0 Å². The Morgan fingerprint density at radius 3 is 2.33 bits per heavy atom. The quantitative estimate of drug-likeness (QED) is 0.577. The monoisotopic (exact) mass is 272 g/mol. The standard InChI is InChI=1S/C13H21ClN2O2/c1-10(2)16-11(17)9-13(12(16)18)3-6-15(7-4-13)8-5-14/h10H,3-9H2,1-2H3. The number of carbonyl (C=O) groups excluding carboxylic acids is 2. The SMILES string of the molecule is CC(C)N1C(=O)CC2(CCN(CCCl)CC2)C1=O. The molecule has 0 aromatic carbocycles. The molecule has 0 radical (unpaired) electrons.